The van der Waals surface area contributed by atoms with Crippen LogP contribution in [-0.4, -0.2) is 48.7 Å². The summed E-state index contributed by atoms with van der Waals surface area (Å²) in [6.07, 6.45) is 1.12. The molecule has 1 heterocycles. The van der Waals surface area contributed by atoms with E-state index in [1.807, 2.05) is 6.92 Å². The average molecular weight is 351 g/mol. The molecule has 25 heavy (non-hydrogen) atoms. The summed E-state index contributed by atoms with van der Waals surface area (Å²) < 4.78 is 18.5. The van der Waals surface area contributed by atoms with Crippen molar-refractivity contribution in [2.75, 3.05) is 25.0 Å². The lowest BCUT2D eigenvalue weighted by Gasteiger charge is -2.35. The van der Waals surface area contributed by atoms with Crippen molar-refractivity contribution in [3.05, 3.63) is 29.6 Å². The zero-order valence-corrected chi connectivity index (χ0v) is 15.0. The number of rotatable bonds is 5. The summed E-state index contributed by atoms with van der Waals surface area (Å²) in [4.78, 5) is 25.9. The smallest absolute Gasteiger partial charge is 0.407 e. The first-order valence-corrected chi connectivity index (χ1v) is 8.65. The van der Waals surface area contributed by atoms with Crippen LogP contribution in [0.25, 0.3) is 0 Å². The van der Waals surface area contributed by atoms with Crippen molar-refractivity contribution in [2.45, 2.75) is 45.7 Å². The Kier molecular flexibility index (Phi) is 6.75. The number of piperidine rings is 1. The lowest BCUT2D eigenvalue weighted by Crippen LogP contribution is -2.50. The topological polar surface area (TPSA) is 70.7 Å². The Morgan fingerprint density at radius 2 is 2.04 bits per heavy atom. The molecule has 2 amide bonds. The number of anilines is 1. The Labute approximate surface area is 147 Å². The highest BCUT2D eigenvalue weighted by Crippen LogP contribution is 2.17. The van der Waals surface area contributed by atoms with Gasteiger partial charge in [-0.3, -0.25) is 9.69 Å². The highest BCUT2D eigenvalue weighted by atomic mass is 19.1. The number of carbonyl (C=O) groups excluding carboxylic acids is 2. The van der Waals surface area contributed by atoms with E-state index >= 15 is 0 Å². The van der Waals surface area contributed by atoms with Crippen LogP contribution in [0.4, 0.5) is 14.9 Å². The lowest BCUT2D eigenvalue weighted by molar-refractivity contribution is -0.121. The van der Waals surface area contributed by atoms with Crippen molar-refractivity contribution in [3.8, 4) is 0 Å². The van der Waals surface area contributed by atoms with Crippen LogP contribution in [0.5, 0.6) is 0 Å². The van der Waals surface area contributed by atoms with Crippen molar-refractivity contribution in [1.82, 2.24) is 10.2 Å². The molecule has 1 aromatic carbocycles. The first kappa shape index (κ1) is 19.2. The largest absolute Gasteiger partial charge is 0.450 e. The van der Waals surface area contributed by atoms with E-state index in [1.165, 1.54) is 6.07 Å². The molecule has 6 nitrogen and oxygen atoms in total. The minimum atomic E-state index is -0.395. The maximum atomic E-state index is 13.6. The van der Waals surface area contributed by atoms with E-state index in [4.69, 9.17) is 4.74 Å². The van der Waals surface area contributed by atoms with E-state index in [2.05, 4.69) is 15.5 Å². The number of carbonyl (C=O) groups is 2. The van der Waals surface area contributed by atoms with Gasteiger partial charge in [0, 0.05) is 24.8 Å². The number of alkyl carbamates (subject to hydrolysis) is 1. The highest BCUT2D eigenvalue weighted by molar-refractivity contribution is 5.94. The second-order valence-electron chi connectivity index (χ2n) is 6.30. The van der Waals surface area contributed by atoms with E-state index in [9.17, 15) is 14.0 Å². The van der Waals surface area contributed by atoms with Crippen LogP contribution in [-0.2, 0) is 9.53 Å². The van der Waals surface area contributed by atoms with E-state index in [1.54, 1.807) is 26.0 Å². The third-order valence-corrected chi connectivity index (χ3v) is 4.49. The molecule has 0 aliphatic carbocycles. The van der Waals surface area contributed by atoms with Gasteiger partial charge in [-0.1, -0.05) is 6.07 Å². The predicted octanol–water partition coefficient (Wildman–Crippen LogP) is 2.67. The Morgan fingerprint density at radius 1 is 1.36 bits per heavy atom. The maximum absolute atomic E-state index is 13.6. The quantitative estimate of drug-likeness (QED) is 0.856. The van der Waals surface area contributed by atoms with E-state index in [-0.39, 0.29) is 23.8 Å². The van der Waals surface area contributed by atoms with Gasteiger partial charge in [-0.2, -0.15) is 0 Å². The van der Waals surface area contributed by atoms with Gasteiger partial charge in [-0.05, 0) is 51.3 Å². The van der Waals surface area contributed by atoms with Gasteiger partial charge in [-0.15, -0.1) is 0 Å². The van der Waals surface area contributed by atoms with E-state index < -0.39 is 6.09 Å². The number of nitrogens with zero attached hydrogens (tertiary/aromatic N) is 1. The molecule has 1 fully saturated rings. The molecule has 1 aromatic rings. The molecule has 0 spiro atoms. The Balaban J connectivity index is 1.82. The number of likely N-dealkylation sites (tertiary alicyclic amines) is 1. The van der Waals surface area contributed by atoms with E-state index in [0.717, 1.165) is 12.8 Å². The zero-order valence-electron chi connectivity index (χ0n) is 15.0. The van der Waals surface area contributed by atoms with Gasteiger partial charge in [0.1, 0.15) is 5.82 Å². The fourth-order valence-corrected chi connectivity index (χ4v) is 2.85. The molecule has 0 aromatic heterocycles. The summed E-state index contributed by atoms with van der Waals surface area (Å²) in [5, 5.41) is 5.59. The molecule has 1 aliphatic heterocycles. The second-order valence-corrected chi connectivity index (χ2v) is 6.30. The molecular formula is C18H26FN3O3. The number of aryl methyl sites for hydroxylation is 1. The van der Waals surface area contributed by atoms with E-state index in [0.29, 0.717) is 30.9 Å². The van der Waals surface area contributed by atoms with Crippen molar-refractivity contribution in [1.29, 1.82) is 0 Å². The Hall–Kier alpha value is -2.15. The van der Waals surface area contributed by atoms with Crippen molar-refractivity contribution in [2.24, 2.45) is 0 Å². The molecular weight excluding hydrogens is 325 g/mol. The summed E-state index contributed by atoms with van der Waals surface area (Å²) in [7, 11) is 0. The number of benzene rings is 1. The Morgan fingerprint density at radius 3 is 2.64 bits per heavy atom. The number of hydrogen-bond donors (Lipinski definition) is 2. The fourth-order valence-electron chi connectivity index (χ4n) is 2.85. The molecule has 7 heteroatoms. The van der Waals surface area contributed by atoms with Gasteiger partial charge < -0.3 is 15.4 Å². The molecule has 1 saturated heterocycles. The molecule has 0 saturated carbocycles. The van der Waals surface area contributed by atoms with Crippen molar-refractivity contribution in [3.63, 3.8) is 0 Å². The summed E-state index contributed by atoms with van der Waals surface area (Å²) in [6.45, 7) is 7.03. The van der Waals surface area contributed by atoms with Gasteiger partial charge in [-0.25, -0.2) is 9.18 Å². The molecule has 1 aliphatic rings. The number of amides is 2. The van der Waals surface area contributed by atoms with Crippen LogP contribution < -0.4 is 10.6 Å². The van der Waals surface area contributed by atoms with Crippen molar-refractivity contribution < 1.29 is 18.7 Å². The minimum Gasteiger partial charge on any atom is -0.450 e. The second kappa shape index (κ2) is 8.80. The molecule has 1 unspecified atom stereocenters. The molecule has 0 radical (unpaired) electrons. The van der Waals surface area contributed by atoms with Gasteiger partial charge in [0.05, 0.1) is 12.6 Å². The average Bonchev–Trinajstić information content (AvgIpc) is 2.58. The highest BCUT2D eigenvalue weighted by Gasteiger charge is 2.27. The maximum Gasteiger partial charge on any atom is 0.407 e. The van der Waals surface area contributed by atoms with Gasteiger partial charge >= 0.3 is 6.09 Å². The summed E-state index contributed by atoms with van der Waals surface area (Å²) in [5.74, 6) is -0.503. The number of halogens is 1. The molecule has 2 N–H and O–H groups in total. The number of hydrogen-bond acceptors (Lipinski definition) is 4. The standard InChI is InChI=1S/C18H26FN3O3/c1-4-25-18(24)21-14-7-9-22(10-8-14)13(3)17(23)20-15-6-5-12(2)16(19)11-15/h5-6,11,13-14H,4,7-10H2,1-3H3,(H,20,23)(H,21,24). The minimum absolute atomic E-state index is 0.0664. The molecule has 0 bridgehead atoms. The summed E-state index contributed by atoms with van der Waals surface area (Å²) >= 11 is 0. The molecule has 2 rings (SSSR count). The summed E-state index contributed by atoms with van der Waals surface area (Å²) in [6, 6.07) is 4.40. The monoisotopic (exact) mass is 351 g/mol. The normalized spacial score (nSPS) is 17.0. The van der Waals surface area contributed by atoms with Crippen LogP contribution in [0.1, 0.15) is 32.3 Å². The number of nitrogens with one attached hydrogen (secondary N) is 2. The third kappa shape index (κ3) is 5.42. The number of ether oxygens (including phenoxy) is 1. The van der Waals surface area contributed by atoms with Gasteiger partial charge in [0.2, 0.25) is 5.91 Å². The van der Waals surface area contributed by atoms with Gasteiger partial charge in [0.15, 0.2) is 0 Å². The van der Waals surface area contributed by atoms with Crippen LogP contribution in [0.2, 0.25) is 0 Å². The molecule has 1 atom stereocenters. The third-order valence-electron chi connectivity index (χ3n) is 4.49. The van der Waals surface area contributed by atoms with Crippen LogP contribution >= 0.6 is 0 Å². The lowest BCUT2D eigenvalue weighted by atomic mass is 10.0. The Bertz CT molecular complexity index is 616. The van der Waals surface area contributed by atoms with Gasteiger partial charge in [0.25, 0.3) is 0 Å². The van der Waals surface area contributed by atoms with Crippen molar-refractivity contribution >= 4 is 17.7 Å². The molecule has 138 valence electrons. The summed E-state index contributed by atoms with van der Waals surface area (Å²) in [5.41, 5.74) is 1.00. The SMILES string of the molecule is CCOC(=O)NC1CCN(C(C)C(=O)Nc2ccc(C)c(F)c2)CC1. The fraction of sp³-hybridized carbons (Fsp3) is 0.556. The van der Waals surface area contributed by atoms with Crippen LogP contribution in [0, 0.1) is 12.7 Å². The van der Waals surface area contributed by atoms with Crippen LogP contribution in [0.15, 0.2) is 18.2 Å². The first-order valence-electron chi connectivity index (χ1n) is 8.65. The first-order chi connectivity index (χ1) is 11.9. The zero-order chi connectivity index (χ0) is 18.4. The van der Waals surface area contributed by atoms with Crippen LogP contribution in [0.3, 0.4) is 0 Å². The predicted molar refractivity (Wildman–Crippen MR) is 94.0 cm³/mol.